The van der Waals surface area contributed by atoms with Crippen LogP contribution in [0.3, 0.4) is 0 Å². The molecular weight excluding hydrogens is 220 g/mol. The second-order valence-corrected chi connectivity index (χ2v) is 7.53. The number of nitrogens with zero attached hydrogens (tertiary/aromatic N) is 2. The van der Waals surface area contributed by atoms with Crippen LogP contribution in [0.4, 0.5) is 0 Å². The summed E-state index contributed by atoms with van der Waals surface area (Å²) in [4.78, 5) is 5.33. The summed E-state index contributed by atoms with van der Waals surface area (Å²) in [5.74, 6) is 0.838. The Morgan fingerprint density at radius 1 is 0.889 bits per heavy atom. The summed E-state index contributed by atoms with van der Waals surface area (Å²) in [6, 6.07) is 0. The quantitative estimate of drug-likeness (QED) is 0.741. The van der Waals surface area contributed by atoms with E-state index < -0.39 is 0 Å². The van der Waals surface area contributed by atoms with Gasteiger partial charge >= 0.3 is 0 Å². The highest BCUT2D eigenvalue weighted by Gasteiger charge is 2.17. The molecule has 0 saturated carbocycles. The van der Waals surface area contributed by atoms with Gasteiger partial charge in [-0.25, -0.2) is 0 Å². The third-order valence-corrected chi connectivity index (χ3v) is 3.88. The highest BCUT2D eigenvalue weighted by molar-refractivity contribution is 4.72. The second-order valence-electron chi connectivity index (χ2n) is 7.53. The number of rotatable bonds is 5. The molecule has 18 heavy (non-hydrogen) atoms. The van der Waals surface area contributed by atoms with Gasteiger partial charge in [-0.05, 0) is 56.8 Å². The molecule has 0 aromatic carbocycles. The van der Waals surface area contributed by atoms with Crippen molar-refractivity contribution >= 4 is 0 Å². The van der Waals surface area contributed by atoms with E-state index in [0.29, 0.717) is 5.41 Å². The van der Waals surface area contributed by atoms with Crippen LogP contribution < -0.4 is 0 Å². The smallest absolute Gasteiger partial charge is 0.0109 e. The van der Waals surface area contributed by atoms with Crippen molar-refractivity contribution in [3.63, 3.8) is 0 Å². The van der Waals surface area contributed by atoms with E-state index in [-0.39, 0.29) is 0 Å². The fraction of sp³-hybridized carbons (Fsp3) is 1.00. The van der Waals surface area contributed by atoms with E-state index in [2.05, 4.69) is 44.4 Å². The third kappa shape index (κ3) is 7.38. The number of hydrogen-bond acceptors (Lipinski definition) is 2. The van der Waals surface area contributed by atoms with Gasteiger partial charge < -0.3 is 9.80 Å². The Labute approximate surface area is 115 Å². The summed E-state index contributed by atoms with van der Waals surface area (Å²) < 4.78 is 0. The van der Waals surface area contributed by atoms with Crippen LogP contribution in [0.15, 0.2) is 0 Å². The molecule has 1 fully saturated rings. The van der Waals surface area contributed by atoms with Crippen LogP contribution in [0, 0.1) is 11.3 Å². The van der Waals surface area contributed by atoms with Crippen molar-refractivity contribution in [1.82, 2.24) is 9.80 Å². The average molecular weight is 254 g/mol. The fourth-order valence-corrected chi connectivity index (χ4v) is 2.41. The van der Waals surface area contributed by atoms with Crippen LogP contribution in [0.2, 0.25) is 0 Å². The van der Waals surface area contributed by atoms with Crippen LogP contribution in [0.5, 0.6) is 0 Å². The Balaban J connectivity index is 2.24. The molecule has 0 aliphatic carbocycles. The minimum absolute atomic E-state index is 0.476. The van der Waals surface area contributed by atoms with Crippen LogP contribution in [0.1, 0.15) is 53.9 Å². The molecule has 108 valence electrons. The molecule has 0 amide bonds. The lowest BCUT2D eigenvalue weighted by Gasteiger charge is -2.26. The molecule has 0 unspecified atom stereocenters. The topological polar surface area (TPSA) is 6.48 Å². The fourth-order valence-electron chi connectivity index (χ4n) is 2.41. The summed E-state index contributed by atoms with van der Waals surface area (Å²) in [5, 5.41) is 0. The van der Waals surface area contributed by atoms with Crippen molar-refractivity contribution < 1.29 is 0 Å². The summed E-state index contributed by atoms with van der Waals surface area (Å²) in [5.41, 5.74) is 0.476. The maximum atomic E-state index is 2.67. The minimum atomic E-state index is 0.476. The van der Waals surface area contributed by atoms with E-state index in [1.165, 1.54) is 58.5 Å². The predicted molar refractivity (Wildman–Crippen MR) is 81.0 cm³/mol. The molecule has 0 spiro atoms. The maximum absolute atomic E-state index is 2.67. The van der Waals surface area contributed by atoms with Crippen molar-refractivity contribution in [3.05, 3.63) is 0 Å². The van der Waals surface area contributed by atoms with Crippen molar-refractivity contribution in [2.24, 2.45) is 11.3 Å². The van der Waals surface area contributed by atoms with E-state index >= 15 is 0 Å². The number of hydrogen-bond donors (Lipinski definition) is 0. The van der Waals surface area contributed by atoms with E-state index in [1.54, 1.807) is 0 Å². The maximum Gasteiger partial charge on any atom is 0.0109 e. The normalized spacial score (nSPS) is 20.3. The lowest BCUT2D eigenvalue weighted by atomic mass is 9.92. The van der Waals surface area contributed by atoms with Gasteiger partial charge in [-0.2, -0.15) is 0 Å². The molecule has 1 aliphatic heterocycles. The molecule has 0 aromatic rings. The van der Waals surface area contributed by atoms with Crippen molar-refractivity contribution in [1.29, 1.82) is 0 Å². The zero-order valence-corrected chi connectivity index (χ0v) is 13.3. The van der Waals surface area contributed by atoms with Gasteiger partial charge in [-0.1, -0.05) is 34.6 Å². The lowest BCUT2D eigenvalue weighted by molar-refractivity contribution is 0.222. The highest BCUT2D eigenvalue weighted by atomic mass is 15.2. The SMILES string of the molecule is CC(C)CCN1CCCN(CCC(C)(C)C)CC1. The van der Waals surface area contributed by atoms with Gasteiger partial charge in [-0.3, -0.25) is 0 Å². The van der Waals surface area contributed by atoms with Crippen molar-refractivity contribution in [2.75, 3.05) is 39.3 Å². The largest absolute Gasteiger partial charge is 0.302 e. The Morgan fingerprint density at radius 2 is 1.44 bits per heavy atom. The molecule has 0 aromatic heterocycles. The molecule has 0 atom stereocenters. The van der Waals surface area contributed by atoms with Crippen molar-refractivity contribution in [2.45, 2.75) is 53.9 Å². The van der Waals surface area contributed by atoms with Crippen LogP contribution in [-0.2, 0) is 0 Å². The molecule has 0 N–H and O–H groups in total. The minimum Gasteiger partial charge on any atom is -0.302 e. The molecule has 0 bridgehead atoms. The van der Waals surface area contributed by atoms with Gasteiger partial charge in [0.1, 0.15) is 0 Å². The summed E-state index contributed by atoms with van der Waals surface area (Å²) in [6.45, 7) is 19.4. The Kier molecular flexibility index (Phi) is 6.65. The van der Waals surface area contributed by atoms with Gasteiger partial charge in [0, 0.05) is 13.1 Å². The van der Waals surface area contributed by atoms with E-state index in [1.807, 2.05) is 0 Å². The molecule has 2 heteroatoms. The summed E-state index contributed by atoms with van der Waals surface area (Å²) in [7, 11) is 0. The van der Waals surface area contributed by atoms with Gasteiger partial charge in [0.05, 0.1) is 0 Å². The van der Waals surface area contributed by atoms with E-state index in [0.717, 1.165) is 5.92 Å². The zero-order valence-electron chi connectivity index (χ0n) is 13.3. The van der Waals surface area contributed by atoms with Crippen LogP contribution in [0.25, 0.3) is 0 Å². The highest BCUT2D eigenvalue weighted by Crippen LogP contribution is 2.19. The Bertz CT molecular complexity index is 218. The lowest BCUT2D eigenvalue weighted by Crippen LogP contribution is -2.33. The third-order valence-electron chi connectivity index (χ3n) is 3.88. The first-order valence-electron chi connectivity index (χ1n) is 7.81. The standard InChI is InChI=1S/C16H34N2/c1-15(2)7-11-17-9-6-10-18(14-13-17)12-8-16(3,4)5/h15H,6-14H2,1-5H3. The molecule has 1 saturated heterocycles. The molecule has 1 rings (SSSR count). The first kappa shape index (κ1) is 16.0. The van der Waals surface area contributed by atoms with Gasteiger partial charge in [0.15, 0.2) is 0 Å². The molecule has 0 radical (unpaired) electrons. The zero-order chi connectivity index (χ0) is 13.6. The van der Waals surface area contributed by atoms with Gasteiger partial charge in [0.2, 0.25) is 0 Å². The predicted octanol–water partition coefficient (Wildman–Crippen LogP) is 3.48. The summed E-state index contributed by atoms with van der Waals surface area (Å²) >= 11 is 0. The Morgan fingerprint density at radius 3 is 1.94 bits per heavy atom. The second kappa shape index (κ2) is 7.49. The monoisotopic (exact) mass is 254 g/mol. The van der Waals surface area contributed by atoms with Gasteiger partial charge in [-0.15, -0.1) is 0 Å². The molecule has 1 aliphatic rings. The van der Waals surface area contributed by atoms with Crippen LogP contribution >= 0.6 is 0 Å². The average Bonchev–Trinajstić information content (AvgIpc) is 2.47. The molecule has 1 heterocycles. The Hall–Kier alpha value is -0.0800. The van der Waals surface area contributed by atoms with Gasteiger partial charge in [0.25, 0.3) is 0 Å². The van der Waals surface area contributed by atoms with Crippen LogP contribution in [-0.4, -0.2) is 49.1 Å². The van der Waals surface area contributed by atoms with Crippen molar-refractivity contribution in [3.8, 4) is 0 Å². The summed E-state index contributed by atoms with van der Waals surface area (Å²) in [6.07, 6.45) is 4.02. The van der Waals surface area contributed by atoms with E-state index in [9.17, 15) is 0 Å². The van der Waals surface area contributed by atoms with E-state index in [4.69, 9.17) is 0 Å². The first-order valence-corrected chi connectivity index (χ1v) is 7.81. The first-order chi connectivity index (χ1) is 8.37. The molecular formula is C16H34N2. The molecule has 2 nitrogen and oxygen atoms in total.